The molecule has 0 unspecified atom stereocenters. The Morgan fingerprint density at radius 1 is 0.882 bits per heavy atom. The molecule has 0 amide bonds. The minimum atomic E-state index is 0. The molecular formula is C17H20. The lowest BCUT2D eigenvalue weighted by molar-refractivity contribution is 0.864. The second-order valence-corrected chi connectivity index (χ2v) is 4.91. The van der Waals surface area contributed by atoms with Crippen LogP contribution in [0.2, 0.25) is 0 Å². The molecule has 2 aromatic rings. The van der Waals surface area contributed by atoms with Crippen LogP contribution in [0, 0.1) is 0 Å². The van der Waals surface area contributed by atoms with Gasteiger partial charge in [-0.1, -0.05) is 63.7 Å². The lowest BCUT2D eigenvalue weighted by Gasteiger charge is -2.07. The molecule has 0 spiro atoms. The van der Waals surface area contributed by atoms with Crippen LogP contribution in [0.1, 0.15) is 43.9 Å². The summed E-state index contributed by atoms with van der Waals surface area (Å²) in [5.74, 6) is 0.619. The van der Waals surface area contributed by atoms with E-state index < -0.39 is 0 Å². The van der Waals surface area contributed by atoms with Crippen molar-refractivity contribution < 1.29 is 0 Å². The first-order valence-electron chi connectivity index (χ1n) is 5.97. The van der Waals surface area contributed by atoms with Crippen molar-refractivity contribution in [3.8, 4) is 11.1 Å². The van der Waals surface area contributed by atoms with Crippen molar-refractivity contribution in [2.24, 2.45) is 0 Å². The van der Waals surface area contributed by atoms with Gasteiger partial charge in [-0.2, -0.15) is 0 Å². The SMILES string of the molecule is C.CC(C)c1ccc2c(c1)Cc1ccccc1-2. The second-order valence-electron chi connectivity index (χ2n) is 4.91. The van der Waals surface area contributed by atoms with E-state index in [-0.39, 0.29) is 7.43 Å². The van der Waals surface area contributed by atoms with Crippen molar-refractivity contribution in [2.75, 3.05) is 0 Å². The number of rotatable bonds is 1. The molecule has 0 atom stereocenters. The number of benzene rings is 2. The van der Waals surface area contributed by atoms with Crippen LogP contribution in [0.25, 0.3) is 11.1 Å². The van der Waals surface area contributed by atoms with Gasteiger partial charge in [-0.05, 0) is 40.2 Å². The molecule has 0 saturated heterocycles. The maximum atomic E-state index is 2.38. The highest BCUT2D eigenvalue weighted by Gasteiger charge is 2.17. The summed E-state index contributed by atoms with van der Waals surface area (Å²) in [6, 6.07) is 15.7. The Bertz CT molecular complexity index is 535. The van der Waals surface area contributed by atoms with Gasteiger partial charge in [0.2, 0.25) is 0 Å². The highest BCUT2D eigenvalue weighted by molar-refractivity contribution is 5.76. The smallest absolute Gasteiger partial charge is 0.00134 e. The lowest BCUT2D eigenvalue weighted by Crippen LogP contribution is -1.89. The first-order chi connectivity index (χ1) is 7.75. The Labute approximate surface area is 104 Å². The molecule has 0 heteroatoms. The molecule has 1 aliphatic carbocycles. The third-order valence-electron chi connectivity index (χ3n) is 3.48. The van der Waals surface area contributed by atoms with E-state index in [1.807, 2.05) is 0 Å². The molecule has 3 rings (SSSR count). The maximum Gasteiger partial charge on any atom is -0.00134 e. The van der Waals surface area contributed by atoms with E-state index in [1.165, 1.54) is 27.8 Å². The predicted octanol–water partition coefficient (Wildman–Crippen LogP) is 5.02. The Kier molecular flexibility index (Phi) is 3.06. The summed E-state index contributed by atoms with van der Waals surface area (Å²) in [4.78, 5) is 0. The van der Waals surface area contributed by atoms with Crippen LogP contribution in [0.3, 0.4) is 0 Å². The minimum absolute atomic E-state index is 0. The van der Waals surface area contributed by atoms with Crippen LogP contribution in [0.15, 0.2) is 42.5 Å². The van der Waals surface area contributed by atoms with Crippen LogP contribution < -0.4 is 0 Å². The van der Waals surface area contributed by atoms with Gasteiger partial charge in [0.1, 0.15) is 0 Å². The quantitative estimate of drug-likeness (QED) is 0.544. The highest BCUT2D eigenvalue weighted by Crippen LogP contribution is 2.37. The van der Waals surface area contributed by atoms with Crippen molar-refractivity contribution in [3.63, 3.8) is 0 Å². The van der Waals surface area contributed by atoms with Crippen LogP contribution in [-0.2, 0) is 6.42 Å². The molecule has 0 nitrogen and oxygen atoms in total. The molecule has 2 aromatic carbocycles. The van der Waals surface area contributed by atoms with Gasteiger partial charge >= 0.3 is 0 Å². The molecule has 0 heterocycles. The molecular weight excluding hydrogens is 204 g/mol. The fourth-order valence-electron chi connectivity index (χ4n) is 2.52. The molecule has 17 heavy (non-hydrogen) atoms. The number of hydrogen-bond donors (Lipinski definition) is 0. The zero-order valence-electron chi connectivity index (χ0n) is 9.83. The fraction of sp³-hybridized carbons (Fsp3) is 0.294. The maximum absolute atomic E-state index is 2.38. The summed E-state index contributed by atoms with van der Waals surface area (Å²) >= 11 is 0. The van der Waals surface area contributed by atoms with Gasteiger partial charge in [-0.15, -0.1) is 0 Å². The summed E-state index contributed by atoms with van der Waals surface area (Å²) in [7, 11) is 0. The molecule has 0 N–H and O–H groups in total. The summed E-state index contributed by atoms with van der Waals surface area (Å²) in [5, 5.41) is 0. The molecule has 0 fully saturated rings. The molecule has 0 bridgehead atoms. The fourth-order valence-corrected chi connectivity index (χ4v) is 2.52. The summed E-state index contributed by atoms with van der Waals surface area (Å²) in [6.07, 6.45) is 1.10. The lowest BCUT2D eigenvalue weighted by atomic mass is 9.97. The van der Waals surface area contributed by atoms with Crippen molar-refractivity contribution in [1.82, 2.24) is 0 Å². The Balaban J connectivity index is 0.00000108. The summed E-state index contributed by atoms with van der Waals surface area (Å²) in [6.45, 7) is 4.51. The number of hydrogen-bond acceptors (Lipinski definition) is 0. The van der Waals surface area contributed by atoms with Crippen molar-refractivity contribution >= 4 is 0 Å². The van der Waals surface area contributed by atoms with Crippen LogP contribution in [0.4, 0.5) is 0 Å². The molecule has 0 aliphatic heterocycles. The average Bonchev–Trinajstić information content (AvgIpc) is 2.66. The first-order valence-corrected chi connectivity index (χ1v) is 5.97. The van der Waals surface area contributed by atoms with Crippen LogP contribution in [0.5, 0.6) is 0 Å². The monoisotopic (exact) mass is 224 g/mol. The summed E-state index contributed by atoms with van der Waals surface area (Å²) in [5.41, 5.74) is 7.27. The highest BCUT2D eigenvalue weighted by atomic mass is 14.2. The van der Waals surface area contributed by atoms with E-state index >= 15 is 0 Å². The van der Waals surface area contributed by atoms with E-state index in [0.717, 1.165) is 6.42 Å². The van der Waals surface area contributed by atoms with Gasteiger partial charge in [-0.25, -0.2) is 0 Å². The molecule has 0 aromatic heterocycles. The first kappa shape index (κ1) is 11.9. The van der Waals surface area contributed by atoms with Crippen LogP contribution in [-0.4, -0.2) is 0 Å². The van der Waals surface area contributed by atoms with Gasteiger partial charge in [0, 0.05) is 0 Å². The molecule has 88 valence electrons. The van der Waals surface area contributed by atoms with E-state index in [4.69, 9.17) is 0 Å². The van der Waals surface area contributed by atoms with Crippen molar-refractivity contribution in [2.45, 2.75) is 33.6 Å². The largest absolute Gasteiger partial charge is 0.0776 e. The van der Waals surface area contributed by atoms with Crippen LogP contribution >= 0.6 is 0 Å². The van der Waals surface area contributed by atoms with Gasteiger partial charge in [-0.3, -0.25) is 0 Å². The molecule has 1 aliphatic rings. The van der Waals surface area contributed by atoms with Gasteiger partial charge in [0.25, 0.3) is 0 Å². The Morgan fingerprint density at radius 2 is 1.59 bits per heavy atom. The van der Waals surface area contributed by atoms with E-state index in [9.17, 15) is 0 Å². The van der Waals surface area contributed by atoms with E-state index in [0.29, 0.717) is 5.92 Å². The van der Waals surface area contributed by atoms with Crippen molar-refractivity contribution in [1.29, 1.82) is 0 Å². The zero-order chi connectivity index (χ0) is 11.1. The van der Waals surface area contributed by atoms with Gasteiger partial charge in [0.05, 0.1) is 0 Å². The minimum Gasteiger partial charge on any atom is -0.0776 e. The van der Waals surface area contributed by atoms with Gasteiger partial charge in [0.15, 0.2) is 0 Å². The van der Waals surface area contributed by atoms with E-state index in [2.05, 4.69) is 56.3 Å². The Morgan fingerprint density at radius 3 is 2.35 bits per heavy atom. The second kappa shape index (κ2) is 4.37. The molecule has 0 radical (unpaired) electrons. The third kappa shape index (κ3) is 1.88. The van der Waals surface area contributed by atoms with E-state index in [1.54, 1.807) is 0 Å². The summed E-state index contributed by atoms with van der Waals surface area (Å²) < 4.78 is 0. The predicted molar refractivity (Wildman–Crippen MR) is 75.5 cm³/mol. The van der Waals surface area contributed by atoms with Gasteiger partial charge < -0.3 is 0 Å². The average molecular weight is 224 g/mol. The van der Waals surface area contributed by atoms with Crippen molar-refractivity contribution in [3.05, 3.63) is 59.2 Å². The third-order valence-corrected chi connectivity index (χ3v) is 3.48. The molecule has 0 saturated carbocycles. The standard InChI is InChI=1S/C16H16.CH4/c1-11(2)12-7-8-16-14(9-12)10-13-5-3-4-6-15(13)16;/h3-9,11H,10H2,1-2H3;1H4. The topological polar surface area (TPSA) is 0 Å². The Hall–Kier alpha value is -1.56. The normalized spacial score (nSPS) is 11.9. The number of fused-ring (bicyclic) bond motifs is 3. The zero-order valence-corrected chi connectivity index (χ0v) is 9.83.